The van der Waals surface area contributed by atoms with E-state index in [-0.39, 0.29) is 25.7 Å². The predicted octanol–water partition coefficient (Wildman–Crippen LogP) is 0.626. The van der Waals surface area contributed by atoms with E-state index in [9.17, 15) is 19.2 Å². The monoisotopic (exact) mass is 422 g/mol. The molecule has 10 nitrogen and oxygen atoms in total. The largest absolute Gasteiger partial charge is 0.465 e. The fraction of sp³-hybridized carbons (Fsp3) is 0.500. The number of carbonyl (C=O) groups excluding carboxylic acids is 4. The summed E-state index contributed by atoms with van der Waals surface area (Å²) < 4.78 is 9.82. The maximum absolute atomic E-state index is 12.4. The molecule has 4 N–H and O–H groups in total. The van der Waals surface area contributed by atoms with Crippen molar-refractivity contribution in [1.29, 1.82) is 0 Å². The lowest BCUT2D eigenvalue weighted by atomic mass is 10.0. The minimum absolute atomic E-state index is 0.0736. The van der Waals surface area contributed by atoms with Gasteiger partial charge in [0.25, 0.3) is 5.91 Å². The molecule has 0 aliphatic carbocycles. The van der Waals surface area contributed by atoms with Crippen molar-refractivity contribution in [2.24, 2.45) is 5.92 Å². The predicted molar refractivity (Wildman–Crippen MR) is 109 cm³/mol. The third-order valence-corrected chi connectivity index (χ3v) is 3.94. The molecule has 0 radical (unpaired) electrons. The second-order valence-electron chi connectivity index (χ2n) is 6.81. The first-order valence-corrected chi connectivity index (χ1v) is 9.70. The van der Waals surface area contributed by atoms with Gasteiger partial charge in [0, 0.05) is 0 Å². The van der Waals surface area contributed by atoms with Crippen LogP contribution >= 0.6 is 0 Å². The van der Waals surface area contributed by atoms with Crippen molar-refractivity contribution < 1.29 is 28.7 Å². The third-order valence-electron chi connectivity index (χ3n) is 3.94. The zero-order valence-electron chi connectivity index (χ0n) is 17.7. The molecule has 2 atom stereocenters. The number of hydrazine groups is 1. The molecular weight excluding hydrogens is 392 g/mol. The topological polar surface area (TPSA) is 135 Å². The Morgan fingerprint density at radius 3 is 2.20 bits per heavy atom. The van der Waals surface area contributed by atoms with E-state index in [1.54, 1.807) is 20.8 Å². The molecule has 0 fully saturated rings. The second-order valence-corrected chi connectivity index (χ2v) is 6.81. The first kappa shape index (κ1) is 24.9. The van der Waals surface area contributed by atoms with Crippen LogP contribution in [0.5, 0.6) is 0 Å². The number of rotatable bonds is 11. The van der Waals surface area contributed by atoms with E-state index in [4.69, 9.17) is 9.47 Å². The summed E-state index contributed by atoms with van der Waals surface area (Å²) in [6.45, 7) is 6.76. The summed E-state index contributed by atoms with van der Waals surface area (Å²) in [5.74, 6) is -1.84. The fourth-order valence-electron chi connectivity index (χ4n) is 2.31. The average molecular weight is 422 g/mol. The van der Waals surface area contributed by atoms with E-state index >= 15 is 0 Å². The summed E-state index contributed by atoms with van der Waals surface area (Å²) >= 11 is 0. The Labute approximate surface area is 176 Å². The minimum atomic E-state index is -0.921. The van der Waals surface area contributed by atoms with E-state index in [1.807, 2.05) is 30.3 Å². The van der Waals surface area contributed by atoms with Gasteiger partial charge in [-0.1, -0.05) is 44.2 Å². The lowest BCUT2D eigenvalue weighted by molar-refractivity contribution is -0.142. The molecule has 0 aromatic heterocycles. The highest BCUT2D eigenvalue weighted by Crippen LogP contribution is 2.03. The highest BCUT2D eigenvalue weighted by molar-refractivity contribution is 5.91. The normalized spacial score (nSPS) is 12.4. The van der Waals surface area contributed by atoms with Gasteiger partial charge in [0.05, 0.1) is 6.61 Å². The van der Waals surface area contributed by atoms with Crippen LogP contribution in [0.15, 0.2) is 30.3 Å². The molecule has 1 aromatic carbocycles. The van der Waals surface area contributed by atoms with E-state index in [0.29, 0.717) is 0 Å². The fourth-order valence-corrected chi connectivity index (χ4v) is 2.31. The van der Waals surface area contributed by atoms with Crippen LogP contribution in [-0.4, -0.2) is 49.1 Å². The number of ether oxygens (including phenoxy) is 2. The molecule has 0 spiro atoms. The van der Waals surface area contributed by atoms with Gasteiger partial charge in [0.2, 0.25) is 5.91 Å². The molecule has 3 amide bonds. The van der Waals surface area contributed by atoms with Gasteiger partial charge in [-0.2, -0.15) is 0 Å². The van der Waals surface area contributed by atoms with Gasteiger partial charge in [0.1, 0.15) is 25.2 Å². The summed E-state index contributed by atoms with van der Waals surface area (Å²) in [5.41, 5.74) is 5.63. The Hall–Kier alpha value is -3.14. The number of amides is 3. The molecule has 0 heterocycles. The molecular formula is C20H30N4O6. The van der Waals surface area contributed by atoms with Crippen molar-refractivity contribution in [3.05, 3.63) is 35.9 Å². The van der Waals surface area contributed by atoms with Gasteiger partial charge in [-0.3, -0.25) is 19.8 Å². The van der Waals surface area contributed by atoms with E-state index < -0.39 is 36.0 Å². The van der Waals surface area contributed by atoms with Crippen LogP contribution in [0.25, 0.3) is 0 Å². The van der Waals surface area contributed by atoms with E-state index in [0.717, 1.165) is 5.56 Å². The van der Waals surface area contributed by atoms with E-state index in [2.05, 4.69) is 21.5 Å². The zero-order valence-corrected chi connectivity index (χ0v) is 17.7. The third kappa shape index (κ3) is 9.37. The molecule has 166 valence electrons. The Morgan fingerprint density at radius 2 is 1.60 bits per heavy atom. The highest BCUT2D eigenvalue weighted by Gasteiger charge is 2.27. The van der Waals surface area contributed by atoms with Crippen LogP contribution in [0.3, 0.4) is 0 Å². The second kappa shape index (κ2) is 13.2. The van der Waals surface area contributed by atoms with Gasteiger partial charge >= 0.3 is 12.1 Å². The first-order chi connectivity index (χ1) is 14.2. The summed E-state index contributed by atoms with van der Waals surface area (Å²) in [4.78, 5) is 47.9. The Morgan fingerprint density at radius 1 is 0.933 bits per heavy atom. The smallest absolute Gasteiger partial charge is 0.408 e. The number of esters is 1. The van der Waals surface area contributed by atoms with Gasteiger partial charge in [-0.25, -0.2) is 10.2 Å². The van der Waals surface area contributed by atoms with Crippen molar-refractivity contribution in [2.75, 3.05) is 13.2 Å². The molecule has 0 bridgehead atoms. The number of hydrogen-bond donors (Lipinski definition) is 4. The van der Waals surface area contributed by atoms with Crippen LogP contribution in [0.2, 0.25) is 0 Å². The highest BCUT2D eigenvalue weighted by atomic mass is 16.5. The van der Waals surface area contributed by atoms with Gasteiger partial charge in [-0.05, 0) is 25.3 Å². The summed E-state index contributed by atoms with van der Waals surface area (Å²) in [6, 6.07) is 7.32. The van der Waals surface area contributed by atoms with Crippen molar-refractivity contribution in [3.8, 4) is 0 Å². The number of alkyl carbamates (subject to hydrolysis) is 1. The molecule has 0 saturated carbocycles. The summed E-state index contributed by atoms with van der Waals surface area (Å²) in [5, 5.41) is 5.00. The van der Waals surface area contributed by atoms with Crippen molar-refractivity contribution in [2.45, 2.75) is 46.4 Å². The quantitative estimate of drug-likeness (QED) is 0.303. The minimum Gasteiger partial charge on any atom is -0.465 e. The van der Waals surface area contributed by atoms with Gasteiger partial charge < -0.3 is 20.1 Å². The summed E-state index contributed by atoms with van der Waals surface area (Å²) in [6.07, 6.45) is -0.747. The van der Waals surface area contributed by atoms with Crippen LogP contribution in [0.4, 0.5) is 4.79 Å². The molecule has 10 heteroatoms. The Kier molecular flexibility index (Phi) is 10.9. The van der Waals surface area contributed by atoms with Crippen molar-refractivity contribution in [1.82, 2.24) is 21.5 Å². The Balaban J connectivity index is 2.47. The van der Waals surface area contributed by atoms with Crippen LogP contribution in [0.1, 0.15) is 33.3 Å². The lowest BCUT2D eigenvalue weighted by Crippen LogP contribution is -2.57. The Bertz CT molecular complexity index is 711. The SMILES string of the molecule is CCOC(=O)CNNC(=O)[C@@H](NC(=O)[C@H](C)NC(=O)OCc1ccccc1)C(C)C. The number of carbonyl (C=O) groups is 4. The summed E-state index contributed by atoms with van der Waals surface area (Å²) in [7, 11) is 0. The van der Waals surface area contributed by atoms with E-state index in [1.165, 1.54) is 6.92 Å². The zero-order chi connectivity index (χ0) is 22.5. The van der Waals surface area contributed by atoms with Gasteiger partial charge in [0.15, 0.2) is 0 Å². The lowest BCUT2D eigenvalue weighted by Gasteiger charge is -2.23. The maximum atomic E-state index is 12.4. The number of benzene rings is 1. The first-order valence-electron chi connectivity index (χ1n) is 9.70. The molecule has 0 aliphatic heterocycles. The standard InChI is InChI=1S/C20H30N4O6/c1-5-29-16(25)11-21-24-19(27)17(13(2)3)23-18(26)14(4)22-20(28)30-12-15-9-7-6-8-10-15/h6-10,13-14,17,21H,5,11-12H2,1-4H3,(H,22,28)(H,23,26)(H,24,27)/t14-,17-/m0/s1. The van der Waals surface area contributed by atoms with Gasteiger partial charge in [-0.15, -0.1) is 0 Å². The van der Waals surface area contributed by atoms with Crippen molar-refractivity contribution in [3.63, 3.8) is 0 Å². The number of nitrogens with one attached hydrogen (secondary N) is 4. The molecule has 0 saturated heterocycles. The van der Waals surface area contributed by atoms with Crippen LogP contribution < -0.4 is 21.5 Å². The molecule has 30 heavy (non-hydrogen) atoms. The molecule has 0 unspecified atom stereocenters. The molecule has 1 aromatic rings. The average Bonchev–Trinajstić information content (AvgIpc) is 2.70. The van der Waals surface area contributed by atoms with Crippen LogP contribution in [0, 0.1) is 5.92 Å². The molecule has 1 rings (SSSR count). The number of hydrogen-bond acceptors (Lipinski definition) is 7. The van der Waals surface area contributed by atoms with Crippen molar-refractivity contribution >= 4 is 23.9 Å². The maximum Gasteiger partial charge on any atom is 0.408 e. The van der Waals surface area contributed by atoms with Crippen LogP contribution in [-0.2, 0) is 30.5 Å². The molecule has 0 aliphatic rings.